The minimum Gasteiger partial charge on any atom is -0.342 e. The molecule has 3 heteroatoms. The summed E-state index contributed by atoms with van der Waals surface area (Å²) in [5.41, 5.74) is 0.292. The van der Waals surface area contributed by atoms with Crippen molar-refractivity contribution in [1.29, 1.82) is 0 Å². The molecule has 3 aliphatic rings. The molecule has 3 nitrogen and oxygen atoms in total. The van der Waals surface area contributed by atoms with E-state index in [2.05, 4.69) is 4.90 Å². The lowest BCUT2D eigenvalue weighted by Gasteiger charge is -2.47. The van der Waals surface area contributed by atoms with E-state index in [1.807, 2.05) is 0 Å². The van der Waals surface area contributed by atoms with Gasteiger partial charge in [0, 0.05) is 31.8 Å². The Morgan fingerprint density at radius 3 is 2.22 bits per heavy atom. The molecule has 1 amide bonds. The Bertz CT molecular complexity index is 340. The van der Waals surface area contributed by atoms with Gasteiger partial charge in [0.1, 0.15) is 5.78 Å². The molecule has 0 radical (unpaired) electrons. The largest absolute Gasteiger partial charge is 0.342 e. The molecular formula is C15H23NO2. The molecule has 0 aromatic heterocycles. The van der Waals surface area contributed by atoms with Crippen molar-refractivity contribution in [1.82, 2.24) is 4.90 Å². The number of likely N-dealkylation sites (tertiary alicyclic amines) is 1. The smallest absolute Gasteiger partial charge is 0.225 e. The normalized spacial score (nSPS) is 28.2. The third kappa shape index (κ3) is 2.19. The number of piperidine rings is 1. The van der Waals surface area contributed by atoms with Crippen LogP contribution >= 0.6 is 0 Å². The Balaban J connectivity index is 1.52. The minimum absolute atomic E-state index is 0.292. The molecule has 3 rings (SSSR count). The number of rotatable bonds is 1. The minimum atomic E-state index is 0.292. The summed E-state index contributed by atoms with van der Waals surface area (Å²) < 4.78 is 0. The Hall–Kier alpha value is -0.860. The second-order valence-electron chi connectivity index (χ2n) is 6.55. The molecule has 3 fully saturated rings. The number of carbonyl (C=O) groups excluding carboxylic acids is 2. The van der Waals surface area contributed by atoms with Crippen LogP contribution in [0.4, 0.5) is 0 Å². The standard InChI is InChI=1S/C15H23NO2/c17-13-10-15(11-13)6-8-16(9-7-15)14(18)12-4-2-1-3-5-12/h12H,1-11H2. The summed E-state index contributed by atoms with van der Waals surface area (Å²) in [5.74, 6) is 1.12. The van der Waals surface area contributed by atoms with Crippen LogP contribution in [0.25, 0.3) is 0 Å². The highest BCUT2D eigenvalue weighted by atomic mass is 16.2. The molecule has 0 N–H and O–H groups in total. The van der Waals surface area contributed by atoms with Crippen molar-refractivity contribution in [2.24, 2.45) is 11.3 Å². The van der Waals surface area contributed by atoms with Gasteiger partial charge < -0.3 is 4.90 Å². The fourth-order valence-corrected chi connectivity index (χ4v) is 3.95. The maximum absolute atomic E-state index is 12.4. The molecule has 1 spiro atoms. The van der Waals surface area contributed by atoms with E-state index in [0.29, 0.717) is 23.0 Å². The lowest BCUT2D eigenvalue weighted by Crippen LogP contribution is -2.50. The van der Waals surface area contributed by atoms with Gasteiger partial charge in [-0.2, -0.15) is 0 Å². The molecule has 2 aliphatic carbocycles. The van der Waals surface area contributed by atoms with E-state index < -0.39 is 0 Å². The second kappa shape index (κ2) is 4.67. The predicted octanol–water partition coefficient (Wildman–Crippen LogP) is 2.54. The van der Waals surface area contributed by atoms with Gasteiger partial charge in [0.15, 0.2) is 0 Å². The summed E-state index contributed by atoms with van der Waals surface area (Å²) in [4.78, 5) is 25.6. The van der Waals surface area contributed by atoms with Gasteiger partial charge in [-0.05, 0) is 31.1 Å². The topological polar surface area (TPSA) is 37.4 Å². The van der Waals surface area contributed by atoms with Crippen molar-refractivity contribution in [2.45, 2.75) is 57.8 Å². The lowest BCUT2D eigenvalue weighted by atomic mass is 9.62. The zero-order valence-corrected chi connectivity index (χ0v) is 11.1. The van der Waals surface area contributed by atoms with Gasteiger partial charge >= 0.3 is 0 Å². The maximum atomic E-state index is 12.4. The lowest BCUT2D eigenvalue weighted by molar-refractivity contribution is -0.143. The fraction of sp³-hybridized carbons (Fsp3) is 0.867. The molecule has 2 saturated carbocycles. The van der Waals surface area contributed by atoms with Crippen LogP contribution in [0.3, 0.4) is 0 Å². The molecule has 1 aliphatic heterocycles. The number of hydrogen-bond donors (Lipinski definition) is 0. The zero-order valence-electron chi connectivity index (χ0n) is 11.1. The third-order valence-electron chi connectivity index (χ3n) is 5.23. The SMILES string of the molecule is O=C1CC2(CCN(C(=O)C3CCCCC3)CC2)C1. The van der Waals surface area contributed by atoms with E-state index in [0.717, 1.165) is 51.6 Å². The van der Waals surface area contributed by atoms with Crippen LogP contribution < -0.4 is 0 Å². The number of amides is 1. The molecular weight excluding hydrogens is 226 g/mol. The molecule has 0 unspecified atom stereocenters. The molecule has 0 bridgehead atoms. The highest BCUT2D eigenvalue weighted by molar-refractivity contribution is 5.86. The highest BCUT2D eigenvalue weighted by Crippen LogP contribution is 2.46. The maximum Gasteiger partial charge on any atom is 0.225 e. The number of ketones is 1. The van der Waals surface area contributed by atoms with Crippen molar-refractivity contribution < 1.29 is 9.59 Å². The van der Waals surface area contributed by atoms with Crippen LogP contribution in [0.15, 0.2) is 0 Å². The van der Waals surface area contributed by atoms with E-state index in [1.54, 1.807) is 0 Å². The van der Waals surface area contributed by atoms with E-state index in [-0.39, 0.29) is 0 Å². The van der Waals surface area contributed by atoms with E-state index in [4.69, 9.17) is 0 Å². The summed E-state index contributed by atoms with van der Waals surface area (Å²) in [6.45, 7) is 1.78. The average molecular weight is 249 g/mol. The summed E-state index contributed by atoms with van der Waals surface area (Å²) in [7, 11) is 0. The van der Waals surface area contributed by atoms with Gasteiger partial charge in [-0.15, -0.1) is 0 Å². The molecule has 1 heterocycles. The number of nitrogens with zero attached hydrogens (tertiary/aromatic N) is 1. The van der Waals surface area contributed by atoms with Crippen LogP contribution in [-0.4, -0.2) is 29.7 Å². The molecule has 0 aromatic carbocycles. The van der Waals surface area contributed by atoms with Crippen molar-refractivity contribution in [3.8, 4) is 0 Å². The first-order valence-corrected chi connectivity index (χ1v) is 7.49. The summed E-state index contributed by atoms with van der Waals surface area (Å²) >= 11 is 0. The van der Waals surface area contributed by atoms with Crippen LogP contribution in [0.2, 0.25) is 0 Å². The Kier molecular flexibility index (Phi) is 3.16. The molecule has 100 valence electrons. The first-order chi connectivity index (χ1) is 8.69. The zero-order chi connectivity index (χ0) is 12.6. The monoisotopic (exact) mass is 249 g/mol. The third-order valence-corrected chi connectivity index (χ3v) is 5.23. The Morgan fingerprint density at radius 1 is 1.06 bits per heavy atom. The van der Waals surface area contributed by atoms with Crippen molar-refractivity contribution in [3.63, 3.8) is 0 Å². The molecule has 1 saturated heterocycles. The summed E-state index contributed by atoms with van der Waals surface area (Å²) in [6, 6.07) is 0. The molecule has 0 atom stereocenters. The van der Waals surface area contributed by atoms with Gasteiger partial charge in [-0.3, -0.25) is 9.59 Å². The molecule has 0 aromatic rings. The number of carbonyl (C=O) groups is 2. The second-order valence-corrected chi connectivity index (χ2v) is 6.55. The quantitative estimate of drug-likeness (QED) is 0.716. The first kappa shape index (κ1) is 12.2. The van der Waals surface area contributed by atoms with Gasteiger partial charge in [-0.1, -0.05) is 19.3 Å². The summed E-state index contributed by atoms with van der Waals surface area (Å²) in [5, 5.41) is 0. The van der Waals surface area contributed by atoms with Crippen LogP contribution in [0, 0.1) is 11.3 Å². The predicted molar refractivity (Wildman–Crippen MR) is 69.1 cm³/mol. The van der Waals surface area contributed by atoms with Crippen LogP contribution in [0.5, 0.6) is 0 Å². The van der Waals surface area contributed by atoms with Gasteiger partial charge in [0.2, 0.25) is 5.91 Å². The van der Waals surface area contributed by atoms with Crippen molar-refractivity contribution >= 4 is 11.7 Å². The van der Waals surface area contributed by atoms with E-state index in [1.165, 1.54) is 19.3 Å². The average Bonchev–Trinajstić information content (AvgIpc) is 2.38. The van der Waals surface area contributed by atoms with Gasteiger partial charge in [0.05, 0.1) is 0 Å². The van der Waals surface area contributed by atoms with E-state index in [9.17, 15) is 9.59 Å². The Labute approximate surface area is 109 Å². The highest BCUT2D eigenvalue weighted by Gasteiger charge is 2.46. The Morgan fingerprint density at radius 2 is 1.67 bits per heavy atom. The summed E-state index contributed by atoms with van der Waals surface area (Å²) in [6.07, 6.45) is 9.60. The van der Waals surface area contributed by atoms with Crippen LogP contribution in [-0.2, 0) is 9.59 Å². The number of Topliss-reactive ketones (excluding diaryl/α,β-unsaturated/α-hetero) is 1. The molecule has 18 heavy (non-hydrogen) atoms. The fourth-order valence-electron chi connectivity index (χ4n) is 3.95. The van der Waals surface area contributed by atoms with Crippen molar-refractivity contribution in [2.75, 3.05) is 13.1 Å². The van der Waals surface area contributed by atoms with E-state index >= 15 is 0 Å². The first-order valence-electron chi connectivity index (χ1n) is 7.49. The van der Waals surface area contributed by atoms with Gasteiger partial charge in [0.25, 0.3) is 0 Å². The van der Waals surface area contributed by atoms with Crippen molar-refractivity contribution in [3.05, 3.63) is 0 Å². The van der Waals surface area contributed by atoms with Gasteiger partial charge in [-0.25, -0.2) is 0 Å². The number of hydrogen-bond acceptors (Lipinski definition) is 2. The van der Waals surface area contributed by atoms with Crippen LogP contribution in [0.1, 0.15) is 57.8 Å².